The van der Waals surface area contributed by atoms with E-state index in [-0.39, 0.29) is 6.10 Å². The number of hydrogen-bond donors (Lipinski definition) is 2. The topological polar surface area (TPSA) is 32.3 Å². The zero-order chi connectivity index (χ0) is 13.1. The minimum absolute atomic E-state index is 0.0584. The molecule has 19 heavy (non-hydrogen) atoms. The van der Waals surface area contributed by atoms with Crippen LogP contribution >= 0.6 is 0 Å². The Balaban J connectivity index is 1.62. The lowest BCUT2D eigenvalue weighted by molar-refractivity contribution is 0.111. The van der Waals surface area contributed by atoms with E-state index >= 15 is 0 Å². The lowest BCUT2D eigenvalue weighted by atomic mass is 9.87. The van der Waals surface area contributed by atoms with Crippen molar-refractivity contribution in [2.24, 2.45) is 5.92 Å². The van der Waals surface area contributed by atoms with Gasteiger partial charge in [0.05, 0.1) is 6.10 Å². The van der Waals surface area contributed by atoms with Crippen LogP contribution < -0.4 is 5.32 Å². The van der Waals surface area contributed by atoms with Crippen LogP contribution in [-0.4, -0.2) is 17.8 Å². The van der Waals surface area contributed by atoms with Gasteiger partial charge in [0, 0.05) is 12.2 Å². The van der Waals surface area contributed by atoms with E-state index in [0.717, 1.165) is 32.2 Å². The molecule has 0 heterocycles. The van der Waals surface area contributed by atoms with E-state index in [1.54, 1.807) is 0 Å². The molecule has 2 nitrogen and oxygen atoms in total. The minimum Gasteiger partial charge on any atom is -0.393 e. The van der Waals surface area contributed by atoms with Crippen LogP contribution in [0.4, 0.5) is 5.69 Å². The second-order valence-corrected chi connectivity index (χ2v) is 5.62. The largest absolute Gasteiger partial charge is 0.393 e. The Morgan fingerprint density at radius 3 is 2.47 bits per heavy atom. The first-order valence-corrected chi connectivity index (χ1v) is 7.22. The SMILES string of the molecule is OC1CCC(CNc2ccc3ccccc3c2)CC1. The molecule has 2 aromatic rings. The molecule has 2 aromatic carbocycles. The van der Waals surface area contributed by atoms with Gasteiger partial charge < -0.3 is 10.4 Å². The molecule has 100 valence electrons. The normalized spacial score (nSPS) is 23.4. The molecule has 1 aliphatic rings. The zero-order valence-corrected chi connectivity index (χ0v) is 11.2. The molecule has 0 aromatic heterocycles. The summed E-state index contributed by atoms with van der Waals surface area (Å²) in [5, 5.41) is 15.6. The highest BCUT2D eigenvalue weighted by atomic mass is 16.3. The minimum atomic E-state index is -0.0584. The average molecular weight is 255 g/mol. The van der Waals surface area contributed by atoms with Gasteiger partial charge in [-0.1, -0.05) is 30.3 Å². The summed E-state index contributed by atoms with van der Waals surface area (Å²) in [4.78, 5) is 0. The van der Waals surface area contributed by atoms with Crippen molar-refractivity contribution in [1.82, 2.24) is 0 Å². The van der Waals surface area contributed by atoms with E-state index in [1.165, 1.54) is 16.5 Å². The second kappa shape index (κ2) is 5.62. The van der Waals surface area contributed by atoms with Crippen LogP contribution in [0.2, 0.25) is 0 Å². The van der Waals surface area contributed by atoms with Crippen molar-refractivity contribution in [1.29, 1.82) is 0 Å². The predicted molar refractivity (Wildman–Crippen MR) is 80.4 cm³/mol. The third-order valence-electron chi connectivity index (χ3n) is 4.16. The fourth-order valence-electron chi connectivity index (χ4n) is 2.91. The summed E-state index contributed by atoms with van der Waals surface area (Å²) in [6.45, 7) is 1.02. The molecule has 0 saturated heterocycles. The van der Waals surface area contributed by atoms with Crippen molar-refractivity contribution >= 4 is 16.5 Å². The Morgan fingerprint density at radius 2 is 1.68 bits per heavy atom. The Kier molecular flexibility index (Phi) is 3.69. The first kappa shape index (κ1) is 12.5. The van der Waals surface area contributed by atoms with Gasteiger partial charge in [-0.2, -0.15) is 0 Å². The molecule has 0 bridgehead atoms. The highest BCUT2D eigenvalue weighted by Crippen LogP contribution is 2.25. The van der Waals surface area contributed by atoms with Crippen LogP contribution in [0.5, 0.6) is 0 Å². The van der Waals surface area contributed by atoms with E-state index < -0.39 is 0 Å². The van der Waals surface area contributed by atoms with Gasteiger partial charge in [0.25, 0.3) is 0 Å². The fourth-order valence-corrected chi connectivity index (χ4v) is 2.91. The van der Waals surface area contributed by atoms with Crippen LogP contribution in [0, 0.1) is 5.92 Å². The van der Waals surface area contributed by atoms with Gasteiger partial charge in [0.1, 0.15) is 0 Å². The van der Waals surface area contributed by atoms with Gasteiger partial charge in [-0.05, 0) is 54.5 Å². The molecule has 2 N–H and O–H groups in total. The van der Waals surface area contributed by atoms with Crippen LogP contribution in [0.25, 0.3) is 10.8 Å². The summed E-state index contributed by atoms with van der Waals surface area (Å²) < 4.78 is 0. The lowest BCUT2D eigenvalue weighted by Crippen LogP contribution is -2.23. The van der Waals surface area contributed by atoms with Crippen molar-refractivity contribution < 1.29 is 5.11 Å². The van der Waals surface area contributed by atoms with Gasteiger partial charge in [-0.25, -0.2) is 0 Å². The number of hydrogen-bond acceptors (Lipinski definition) is 2. The Hall–Kier alpha value is -1.54. The molecule has 0 unspecified atom stereocenters. The molecule has 0 atom stereocenters. The van der Waals surface area contributed by atoms with Gasteiger partial charge >= 0.3 is 0 Å². The summed E-state index contributed by atoms with van der Waals surface area (Å²) in [7, 11) is 0. The van der Waals surface area contributed by atoms with Crippen LogP contribution in [-0.2, 0) is 0 Å². The lowest BCUT2D eigenvalue weighted by Gasteiger charge is -2.25. The van der Waals surface area contributed by atoms with E-state index in [9.17, 15) is 5.11 Å². The summed E-state index contributed by atoms with van der Waals surface area (Å²) in [5.41, 5.74) is 1.20. The van der Waals surface area contributed by atoms with Crippen molar-refractivity contribution in [2.75, 3.05) is 11.9 Å². The van der Waals surface area contributed by atoms with E-state index in [1.807, 2.05) is 0 Å². The molecule has 1 fully saturated rings. The van der Waals surface area contributed by atoms with Crippen molar-refractivity contribution in [3.05, 3.63) is 42.5 Å². The maximum atomic E-state index is 9.51. The Bertz CT molecular complexity index is 544. The van der Waals surface area contributed by atoms with E-state index in [4.69, 9.17) is 0 Å². The third kappa shape index (κ3) is 3.07. The monoisotopic (exact) mass is 255 g/mol. The molecular weight excluding hydrogens is 234 g/mol. The van der Waals surface area contributed by atoms with E-state index in [0.29, 0.717) is 5.92 Å². The summed E-state index contributed by atoms with van der Waals surface area (Å²) >= 11 is 0. The maximum Gasteiger partial charge on any atom is 0.0540 e. The van der Waals surface area contributed by atoms with Crippen LogP contribution in [0.1, 0.15) is 25.7 Å². The second-order valence-electron chi connectivity index (χ2n) is 5.62. The van der Waals surface area contributed by atoms with Gasteiger partial charge in [0.2, 0.25) is 0 Å². The highest BCUT2D eigenvalue weighted by Gasteiger charge is 2.18. The molecule has 0 aliphatic heterocycles. The van der Waals surface area contributed by atoms with Crippen LogP contribution in [0.3, 0.4) is 0 Å². The number of benzene rings is 2. The van der Waals surface area contributed by atoms with Gasteiger partial charge in [-0.15, -0.1) is 0 Å². The smallest absolute Gasteiger partial charge is 0.0540 e. The number of fused-ring (bicyclic) bond motifs is 1. The molecule has 0 amide bonds. The summed E-state index contributed by atoms with van der Waals surface area (Å²) in [5.74, 6) is 0.704. The molecule has 3 rings (SSSR count). The first-order valence-electron chi connectivity index (χ1n) is 7.22. The highest BCUT2D eigenvalue weighted by molar-refractivity contribution is 5.85. The molecule has 2 heteroatoms. The van der Waals surface area contributed by atoms with Gasteiger partial charge in [0.15, 0.2) is 0 Å². The van der Waals surface area contributed by atoms with Crippen molar-refractivity contribution in [2.45, 2.75) is 31.8 Å². The first-order chi connectivity index (χ1) is 9.31. The van der Waals surface area contributed by atoms with Gasteiger partial charge in [-0.3, -0.25) is 0 Å². The molecule has 0 spiro atoms. The molecule has 0 radical (unpaired) electrons. The third-order valence-corrected chi connectivity index (χ3v) is 4.16. The number of nitrogens with one attached hydrogen (secondary N) is 1. The summed E-state index contributed by atoms with van der Waals surface area (Å²) in [6, 6.07) is 15.0. The number of aliphatic hydroxyl groups excluding tert-OH is 1. The quantitative estimate of drug-likeness (QED) is 0.874. The van der Waals surface area contributed by atoms with Crippen molar-refractivity contribution in [3.63, 3.8) is 0 Å². The zero-order valence-electron chi connectivity index (χ0n) is 11.2. The summed E-state index contributed by atoms with van der Waals surface area (Å²) in [6.07, 6.45) is 4.15. The van der Waals surface area contributed by atoms with E-state index in [2.05, 4.69) is 47.8 Å². The molecule has 1 saturated carbocycles. The standard InChI is InChI=1S/C17H21NO/c19-17-9-5-13(6-10-17)12-18-16-8-7-14-3-1-2-4-15(14)11-16/h1-4,7-8,11,13,17-19H,5-6,9-10,12H2. The molecular formula is C17H21NO. The average Bonchev–Trinajstić information content (AvgIpc) is 2.46. The predicted octanol–water partition coefficient (Wildman–Crippen LogP) is 3.80. The Labute approximate surface area is 114 Å². The number of rotatable bonds is 3. The van der Waals surface area contributed by atoms with Crippen LogP contribution in [0.15, 0.2) is 42.5 Å². The Morgan fingerprint density at radius 1 is 0.947 bits per heavy atom. The number of aliphatic hydroxyl groups is 1. The molecule has 1 aliphatic carbocycles. The van der Waals surface area contributed by atoms with Crippen molar-refractivity contribution in [3.8, 4) is 0 Å². The number of anilines is 1. The fraction of sp³-hybridized carbons (Fsp3) is 0.412. The maximum absolute atomic E-state index is 9.51.